The maximum absolute atomic E-state index is 12.9. The van der Waals surface area contributed by atoms with Gasteiger partial charge >= 0.3 is 0 Å². The number of carbonyl (C=O) groups is 1. The van der Waals surface area contributed by atoms with E-state index in [1.165, 1.54) is 0 Å². The number of hydrogen-bond donors (Lipinski definition) is 0. The van der Waals surface area contributed by atoms with Crippen molar-refractivity contribution in [3.05, 3.63) is 58.6 Å². The number of amides is 1. The van der Waals surface area contributed by atoms with Gasteiger partial charge in [-0.2, -0.15) is 0 Å². The first-order valence-corrected chi connectivity index (χ1v) is 9.03. The zero-order valence-electron chi connectivity index (χ0n) is 14.3. The molecule has 0 aliphatic carbocycles. The molecule has 1 amide bonds. The van der Waals surface area contributed by atoms with E-state index >= 15 is 0 Å². The lowest BCUT2D eigenvalue weighted by Crippen LogP contribution is -2.30. The molecule has 4 rings (SSSR count). The minimum atomic E-state index is -0.177. The number of hydrogen-bond acceptors (Lipinski definition) is 5. The lowest BCUT2D eigenvalue weighted by atomic mass is 10.1. The number of aryl methyl sites for hydroxylation is 1. The molecule has 1 saturated heterocycles. The molecule has 0 saturated carbocycles. The Balaban J connectivity index is 1.58. The number of halogens is 1. The summed E-state index contributed by atoms with van der Waals surface area (Å²) in [5.74, 6) is 1.02. The fraction of sp³-hybridized carbons (Fsp3) is 0.316. The van der Waals surface area contributed by atoms with Crippen molar-refractivity contribution in [2.75, 3.05) is 6.54 Å². The van der Waals surface area contributed by atoms with Crippen LogP contribution >= 0.6 is 11.6 Å². The van der Waals surface area contributed by atoms with Gasteiger partial charge in [-0.3, -0.25) is 4.79 Å². The molecule has 3 aromatic rings. The number of benzene rings is 1. The van der Waals surface area contributed by atoms with Gasteiger partial charge in [-0.05, 0) is 31.4 Å². The van der Waals surface area contributed by atoms with Gasteiger partial charge in [0.2, 0.25) is 0 Å². The van der Waals surface area contributed by atoms with Crippen LogP contribution in [0.3, 0.4) is 0 Å². The summed E-state index contributed by atoms with van der Waals surface area (Å²) in [4.78, 5) is 14.7. The minimum Gasteiger partial charge on any atom is -0.359 e. The van der Waals surface area contributed by atoms with Crippen molar-refractivity contribution in [2.45, 2.75) is 32.2 Å². The standard InChI is InChI=1S/C19H18ClN3O3/c1-2-12-10-18(26-21-12)16-8-5-9-23(16)19(24)15-11-17(25-22-15)13-6-3-4-7-14(13)20/h3-4,6-7,10-11,16H,2,5,8-9H2,1H3/t16-/m0/s1. The fourth-order valence-corrected chi connectivity index (χ4v) is 3.50. The molecule has 1 aromatic carbocycles. The molecule has 6 nitrogen and oxygen atoms in total. The van der Waals surface area contributed by atoms with Crippen LogP contribution in [0.15, 0.2) is 45.4 Å². The predicted molar refractivity (Wildman–Crippen MR) is 95.8 cm³/mol. The summed E-state index contributed by atoms with van der Waals surface area (Å²) in [7, 11) is 0. The van der Waals surface area contributed by atoms with E-state index in [4.69, 9.17) is 20.6 Å². The van der Waals surface area contributed by atoms with E-state index in [0.717, 1.165) is 30.7 Å². The lowest BCUT2D eigenvalue weighted by Gasteiger charge is -2.21. The SMILES string of the molecule is CCc1cc([C@@H]2CCCN2C(=O)c2cc(-c3ccccc3Cl)on2)on1. The molecular formula is C19H18ClN3O3. The molecule has 7 heteroatoms. The monoisotopic (exact) mass is 371 g/mol. The highest BCUT2D eigenvalue weighted by atomic mass is 35.5. The molecule has 1 aliphatic heterocycles. The molecule has 134 valence electrons. The average molecular weight is 372 g/mol. The van der Waals surface area contributed by atoms with Crippen LogP contribution in [0.4, 0.5) is 0 Å². The van der Waals surface area contributed by atoms with Crippen LogP contribution in [0.1, 0.15) is 47.7 Å². The summed E-state index contributed by atoms with van der Waals surface area (Å²) in [6.45, 7) is 2.67. The lowest BCUT2D eigenvalue weighted by molar-refractivity contribution is 0.0704. The summed E-state index contributed by atoms with van der Waals surface area (Å²) >= 11 is 6.19. The fourth-order valence-electron chi connectivity index (χ4n) is 3.27. The predicted octanol–water partition coefficient (Wildman–Crippen LogP) is 4.52. The molecule has 3 heterocycles. The van der Waals surface area contributed by atoms with E-state index < -0.39 is 0 Å². The van der Waals surface area contributed by atoms with Crippen LogP contribution < -0.4 is 0 Å². The summed E-state index contributed by atoms with van der Waals surface area (Å²) in [6.07, 6.45) is 2.56. The van der Waals surface area contributed by atoms with Gasteiger partial charge in [0.15, 0.2) is 17.2 Å². The van der Waals surface area contributed by atoms with Gasteiger partial charge in [0.25, 0.3) is 5.91 Å². The Bertz CT molecular complexity index is 934. The van der Waals surface area contributed by atoms with Crippen molar-refractivity contribution < 1.29 is 13.8 Å². The van der Waals surface area contributed by atoms with Crippen LogP contribution in [0.2, 0.25) is 5.02 Å². The number of nitrogens with zero attached hydrogens (tertiary/aromatic N) is 3. The number of likely N-dealkylation sites (tertiary alicyclic amines) is 1. The molecular weight excluding hydrogens is 354 g/mol. The summed E-state index contributed by atoms with van der Waals surface area (Å²) in [5.41, 5.74) is 1.87. The van der Waals surface area contributed by atoms with Gasteiger partial charge in [0.05, 0.1) is 16.8 Å². The number of carbonyl (C=O) groups excluding carboxylic acids is 1. The Labute approximate surface area is 155 Å². The minimum absolute atomic E-state index is 0.115. The first-order chi connectivity index (χ1) is 12.7. The van der Waals surface area contributed by atoms with E-state index in [1.54, 1.807) is 17.0 Å². The van der Waals surface area contributed by atoms with E-state index in [9.17, 15) is 4.79 Å². The summed E-state index contributed by atoms with van der Waals surface area (Å²) in [6, 6.07) is 10.7. The van der Waals surface area contributed by atoms with Gasteiger partial charge in [0, 0.05) is 24.2 Å². The van der Waals surface area contributed by atoms with E-state index in [2.05, 4.69) is 10.3 Å². The van der Waals surface area contributed by atoms with E-state index in [1.807, 2.05) is 31.2 Å². The highest BCUT2D eigenvalue weighted by molar-refractivity contribution is 6.33. The maximum Gasteiger partial charge on any atom is 0.276 e. The third-order valence-corrected chi connectivity index (χ3v) is 4.98. The second-order valence-electron chi connectivity index (χ2n) is 6.29. The Kier molecular flexibility index (Phi) is 4.51. The van der Waals surface area contributed by atoms with Gasteiger partial charge in [-0.1, -0.05) is 41.0 Å². The molecule has 26 heavy (non-hydrogen) atoms. The third kappa shape index (κ3) is 3.01. The molecule has 0 radical (unpaired) electrons. The molecule has 2 aromatic heterocycles. The Morgan fingerprint density at radius 3 is 2.88 bits per heavy atom. The highest BCUT2D eigenvalue weighted by Crippen LogP contribution is 2.34. The maximum atomic E-state index is 12.9. The van der Waals surface area contributed by atoms with Crippen LogP contribution in [0.25, 0.3) is 11.3 Å². The Hall–Kier alpha value is -2.60. The first kappa shape index (κ1) is 16.8. The smallest absolute Gasteiger partial charge is 0.276 e. The van der Waals surface area contributed by atoms with Gasteiger partial charge in [-0.25, -0.2) is 0 Å². The number of rotatable bonds is 4. The summed E-state index contributed by atoms with van der Waals surface area (Å²) in [5, 5.41) is 8.55. The van der Waals surface area contributed by atoms with Crippen molar-refractivity contribution in [3.63, 3.8) is 0 Å². The number of aromatic nitrogens is 2. The van der Waals surface area contributed by atoms with Crippen LogP contribution in [-0.4, -0.2) is 27.7 Å². The van der Waals surface area contributed by atoms with Crippen LogP contribution in [0, 0.1) is 0 Å². The molecule has 1 fully saturated rings. The van der Waals surface area contributed by atoms with E-state index in [-0.39, 0.29) is 17.6 Å². The molecule has 0 N–H and O–H groups in total. The van der Waals surface area contributed by atoms with Gasteiger partial charge in [0.1, 0.15) is 0 Å². The second kappa shape index (κ2) is 6.96. The average Bonchev–Trinajstić information content (AvgIpc) is 3.40. The quantitative estimate of drug-likeness (QED) is 0.674. The summed E-state index contributed by atoms with van der Waals surface area (Å²) < 4.78 is 10.8. The molecule has 0 bridgehead atoms. The highest BCUT2D eigenvalue weighted by Gasteiger charge is 2.34. The van der Waals surface area contributed by atoms with Crippen molar-refractivity contribution in [2.24, 2.45) is 0 Å². The largest absolute Gasteiger partial charge is 0.359 e. The van der Waals surface area contributed by atoms with E-state index in [0.29, 0.717) is 22.9 Å². The van der Waals surface area contributed by atoms with Crippen LogP contribution in [-0.2, 0) is 6.42 Å². The van der Waals surface area contributed by atoms with Crippen molar-refractivity contribution >= 4 is 17.5 Å². The normalized spacial score (nSPS) is 17.0. The first-order valence-electron chi connectivity index (χ1n) is 8.65. The Morgan fingerprint density at radius 1 is 1.27 bits per heavy atom. The van der Waals surface area contributed by atoms with Gasteiger partial charge < -0.3 is 13.9 Å². The molecule has 0 unspecified atom stereocenters. The second-order valence-corrected chi connectivity index (χ2v) is 6.69. The topological polar surface area (TPSA) is 72.4 Å². The zero-order chi connectivity index (χ0) is 18.1. The Morgan fingerprint density at radius 2 is 2.12 bits per heavy atom. The van der Waals surface area contributed by atoms with Crippen molar-refractivity contribution in [1.82, 2.24) is 15.2 Å². The molecule has 1 atom stereocenters. The molecule has 1 aliphatic rings. The zero-order valence-corrected chi connectivity index (χ0v) is 15.1. The molecule has 0 spiro atoms. The van der Waals surface area contributed by atoms with Gasteiger partial charge in [-0.15, -0.1) is 0 Å². The third-order valence-electron chi connectivity index (χ3n) is 4.65. The van der Waals surface area contributed by atoms with Crippen molar-refractivity contribution in [3.8, 4) is 11.3 Å². The van der Waals surface area contributed by atoms with Crippen LogP contribution in [0.5, 0.6) is 0 Å². The van der Waals surface area contributed by atoms with Crippen molar-refractivity contribution in [1.29, 1.82) is 0 Å².